The number of rotatable bonds is 5. The summed E-state index contributed by atoms with van der Waals surface area (Å²) < 4.78 is 0. The van der Waals surface area contributed by atoms with E-state index in [1.165, 1.54) is 18.5 Å². The number of hydrogen-bond acceptors (Lipinski definition) is 2. The van der Waals surface area contributed by atoms with Crippen molar-refractivity contribution >= 4 is 5.69 Å². The highest BCUT2D eigenvalue weighted by Gasteiger charge is 2.08. The Morgan fingerprint density at radius 1 is 1.29 bits per heavy atom. The highest BCUT2D eigenvalue weighted by atomic mass is 15.1. The third-order valence-electron chi connectivity index (χ3n) is 2.37. The molecule has 0 saturated heterocycles. The van der Waals surface area contributed by atoms with E-state index < -0.39 is 0 Å². The van der Waals surface area contributed by atoms with Crippen LogP contribution < -0.4 is 4.90 Å². The molecule has 0 radical (unpaired) electrons. The molecule has 0 bridgehead atoms. The zero-order chi connectivity index (χ0) is 10.4. The second-order valence-electron chi connectivity index (χ2n) is 3.85. The normalized spacial score (nSPS) is 10.6. The predicted octanol–water partition coefficient (Wildman–Crippen LogP) is 3.10. The monoisotopic (exact) mass is 192 g/mol. The van der Waals surface area contributed by atoms with Gasteiger partial charge in [-0.25, -0.2) is 0 Å². The lowest BCUT2D eigenvalue weighted by molar-refractivity contribution is 0.646. The number of pyridine rings is 1. The Kier molecular flexibility index (Phi) is 4.44. The molecule has 0 spiro atoms. The van der Waals surface area contributed by atoms with Crippen LogP contribution in [0, 0.1) is 0 Å². The van der Waals surface area contributed by atoms with E-state index in [2.05, 4.69) is 42.8 Å². The van der Waals surface area contributed by atoms with Gasteiger partial charge in [0, 0.05) is 30.7 Å². The number of hydrogen-bond donors (Lipinski definition) is 0. The van der Waals surface area contributed by atoms with Crippen molar-refractivity contribution in [3.8, 4) is 0 Å². The molecule has 0 aromatic carbocycles. The van der Waals surface area contributed by atoms with Gasteiger partial charge in [0.15, 0.2) is 0 Å². The van der Waals surface area contributed by atoms with Crippen molar-refractivity contribution in [2.24, 2.45) is 0 Å². The van der Waals surface area contributed by atoms with Crippen LogP contribution in [-0.2, 0) is 0 Å². The van der Waals surface area contributed by atoms with Gasteiger partial charge in [-0.2, -0.15) is 0 Å². The molecule has 0 amide bonds. The minimum atomic E-state index is 0.559. The molecular formula is C12H20N2. The van der Waals surface area contributed by atoms with Crippen LogP contribution >= 0.6 is 0 Å². The predicted molar refractivity (Wildman–Crippen MR) is 61.6 cm³/mol. The Morgan fingerprint density at radius 2 is 1.93 bits per heavy atom. The SMILES string of the molecule is CCCCN(c1ccncc1)C(C)C. The van der Waals surface area contributed by atoms with Crippen molar-refractivity contribution in [2.45, 2.75) is 39.7 Å². The molecule has 1 aromatic rings. The van der Waals surface area contributed by atoms with E-state index in [-0.39, 0.29) is 0 Å². The maximum absolute atomic E-state index is 4.04. The fourth-order valence-electron chi connectivity index (χ4n) is 1.55. The molecule has 2 heteroatoms. The third kappa shape index (κ3) is 3.02. The van der Waals surface area contributed by atoms with Crippen LogP contribution in [0.4, 0.5) is 5.69 Å². The van der Waals surface area contributed by atoms with Crippen molar-refractivity contribution in [1.82, 2.24) is 4.98 Å². The summed E-state index contributed by atoms with van der Waals surface area (Å²) in [6, 6.07) is 4.72. The fraction of sp³-hybridized carbons (Fsp3) is 0.583. The van der Waals surface area contributed by atoms with E-state index in [0.717, 1.165) is 6.54 Å². The molecule has 1 heterocycles. The van der Waals surface area contributed by atoms with Gasteiger partial charge in [0.1, 0.15) is 0 Å². The van der Waals surface area contributed by atoms with Gasteiger partial charge >= 0.3 is 0 Å². The summed E-state index contributed by atoms with van der Waals surface area (Å²) in [6.45, 7) is 7.83. The maximum Gasteiger partial charge on any atom is 0.0399 e. The van der Waals surface area contributed by atoms with Gasteiger partial charge in [-0.3, -0.25) is 4.98 Å². The molecule has 0 fully saturated rings. The zero-order valence-electron chi connectivity index (χ0n) is 9.40. The van der Waals surface area contributed by atoms with Crippen LogP contribution in [0.3, 0.4) is 0 Å². The summed E-state index contributed by atoms with van der Waals surface area (Å²) in [5.41, 5.74) is 1.28. The first-order valence-corrected chi connectivity index (χ1v) is 5.42. The standard InChI is InChI=1S/C12H20N2/c1-4-5-10-14(11(2)3)12-6-8-13-9-7-12/h6-9,11H,4-5,10H2,1-3H3. The molecule has 0 unspecified atom stereocenters. The molecule has 0 atom stereocenters. The lowest BCUT2D eigenvalue weighted by atomic mass is 10.2. The molecule has 0 aliphatic rings. The summed E-state index contributed by atoms with van der Waals surface area (Å²) in [5.74, 6) is 0. The average Bonchev–Trinajstić information content (AvgIpc) is 2.19. The second-order valence-corrected chi connectivity index (χ2v) is 3.85. The maximum atomic E-state index is 4.04. The van der Waals surface area contributed by atoms with Crippen LogP contribution in [0.2, 0.25) is 0 Å². The van der Waals surface area contributed by atoms with Gasteiger partial charge in [-0.1, -0.05) is 13.3 Å². The molecule has 2 nitrogen and oxygen atoms in total. The van der Waals surface area contributed by atoms with Gasteiger partial charge in [0.05, 0.1) is 0 Å². The summed E-state index contributed by atoms with van der Waals surface area (Å²) in [7, 11) is 0. The van der Waals surface area contributed by atoms with Gasteiger partial charge in [-0.15, -0.1) is 0 Å². The molecule has 1 aromatic heterocycles. The highest BCUT2D eigenvalue weighted by Crippen LogP contribution is 2.15. The number of anilines is 1. The van der Waals surface area contributed by atoms with Crippen molar-refractivity contribution < 1.29 is 0 Å². The minimum absolute atomic E-state index is 0.559. The van der Waals surface area contributed by atoms with Gasteiger partial charge < -0.3 is 4.90 Å². The van der Waals surface area contributed by atoms with E-state index in [1.54, 1.807) is 0 Å². The van der Waals surface area contributed by atoms with Gasteiger partial charge in [0.25, 0.3) is 0 Å². The first-order valence-electron chi connectivity index (χ1n) is 5.42. The third-order valence-corrected chi connectivity index (χ3v) is 2.37. The van der Waals surface area contributed by atoms with E-state index >= 15 is 0 Å². The Hall–Kier alpha value is -1.05. The average molecular weight is 192 g/mol. The van der Waals surface area contributed by atoms with Crippen molar-refractivity contribution in [3.05, 3.63) is 24.5 Å². The molecule has 1 rings (SSSR count). The van der Waals surface area contributed by atoms with Gasteiger partial charge in [0.2, 0.25) is 0 Å². The lowest BCUT2D eigenvalue weighted by Gasteiger charge is -2.28. The van der Waals surface area contributed by atoms with Crippen LogP contribution in [0.1, 0.15) is 33.6 Å². The minimum Gasteiger partial charge on any atom is -0.369 e. The lowest BCUT2D eigenvalue weighted by Crippen LogP contribution is -2.31. The molecule has 78 valence electrons. The van der Waals surface area contributed by atoms with Gasteiger partial charge in [-0.05, 0) is 32.4 Å². The van der Waals surface area contributed by atoms with Crippen molar-refractivity contribution in [3.63, 3.8) is 0 Å². The van der Waals surface area contributed by atoms with Crippen LogP contribution in [0.5, 0.6) is 0 Å². The molecule has 0 N–H and O–H groups in total. The molecular weight excluding hydrogens is 172 g/mol. The van der Waals surface area contributed by atoms with E-state index in [1.807, 2.05) is 12.4 Å². The number of nitrogens with zero attached hydrogens (tertiary/aromatic N) is 2. The summed E-state index contributed by atoms with van der Waals surface area (Å²) >= 11 is 0. The second kappa shape index (κ2) is 5.63. The Morgan fingerprint density at radius 3 is 2.43 bits per heavy atom. The zero-order valence-corrected chi connectivity index (χ0v) is 9.40. The summed E-state index contributed by atoms with van der Waals surface area (Å²) in [6.07, 6.45) is 6.21. The van der Waals surface area contributed by atoms with E-state index in [4.69, 9.17) is 0 Å². The molecule has 0 aliphatic carbocycles. The Balaban J connectivity index is 2.68. The summed E-state index contributed by atoms with van der Waals surface area (Å²) in [4.78, 5) is 6.46. The molecule has 0 aliphatic heterocycles. The first-order chi connectivity index (χ1) is 6.75. The van der Waals surface area contributed by atoms with Crippen molar-refractivity contribution in [1.29, 1.82) is 0 Å². The highest BCUT2D eigenvalue weighted by molar-refractivity contribution is 5.45. The topological polar surface area (TPSA) is 16.1 Å². The Labute approximate surface area is 87.0 Å². The smallest absolute Gasteiger partial charge is 0.0399 e. The first kappa shape index (κ1) is 11.0. The van der Waals surface area contributed by atoms with Crippen LogP contribution in [-0.4, -0.2) is 17.6 Å². The van der Waals surface area contributed by atoms with E-state index in [9.17, 15) is 0 Å². The van der Waals surface area contributed by atoms with E-state index in [0.29, 0.717) is 6.04 Å². The largest absolute Gasteiger partial charge is 0.369 e. The molecule has 14 heavy (non-hydrogen) atoms. The van der Waals surface area contributed by atoms with Crippen LogP contribution in [0.15, 0.2) is 24.5 Å². The van der Waals surface area contributed by atoms with Crippen LogP contribution in [0.25, 0.3) is 0 Å². The number of unbranched alkanes of at least 4 members (excludes halogenated alkanes) is 1. The van der Waals surface area contributed by atoms with Crippen molar-refractivity contribution in [2.75, 3.05) is 11.4 Å². The Bertz CT molecular complexity index is 244. The molecule has 0 saturated carbocycles. The number of aromatic nitrogens is 1. The fourth-order valence-corrected chi connectivity index (χ4v) is 1.55. The summed E-state index contributed by atoms with van der Waals surface area (Å²) in [5, 5.41) is 0. The quantitative estimate of drug-likeness (QED) is 0.712.